The van der Waals surface area contributed by atoms with E-state index >= 15 is 0 Å². The molecule has 0 aliphatic heterocycles. The number of benzene rings is 2. The summed E-state index contributed by atoms with van der Waals surface area (Å²) in [6.45, 7) is 0. The summed E-state index contributed by atoms with van der Waals surface area (Å²) in [5.74, 6) is -0.732. The smallest absolute Gasteiger partial charge is 0.269 e. The molecule has 0 radical (unpaired) electrons. The monoisotopic (exact) mass is 364 g/mol. The van der Waals surface area contributed by atoms with E-state index in [0.29, 0.717) is 10.7 Å². The first-order valence-electron chi connectivity index (χ1n) is 8.25. The first kappa shape index (κ1) is 17.8. The summed E-state index contributed by atoms with van der Waals surface area (Å²) in [4.78, 5) is 12.2. The van der Waals surface area contributed by atoms with Crippen molar-refractivity contribution in [2.45, 2.75) is 12.8 Å². The second-order valence-corrected chi connectivity index (χ2v) is 6.54. The third-order valence-electron chi connectivity index (χ3n) is 4.07. The number of nitriles is 1. The molecule has 1 fully saturated rings. The Morgan fingerprint density at radius 2 is 1.62 bits per heavy atom. The molecule has 0 unspecified atom stereocenters. The number of aliphatic hydroxyl groups excluding tert-OH is 1. The maximum atomic E-state index is 12.2. The van der Waals surface area contributed by atoms with E-state index in [1.807, 2.05) is 48.6 Å². The predicted octanol–water partition coefficient (Wildman–Crippen LogP) is 5.19. The Hall–Kier alpha value is -3.03. The van der Waals surface area contributed by atoms with Crippen LogP contribution in [0.1, 0.15) is 24.0 Å². The summed E-state index contributed by atoms with van der Waals surface area (Å²) in [5.41, 5.74) is 2.36. The molecule has 1 amide bonds. The first-order valence-corrected chi connectivity index (χ1v) is 8.63. The summed E-state index contributed by atoms with van der Waals surface area (Å²) in [6, 6.07) is 16.5. The van der Waals surface area contributed by atoms with E-state index < -0.39 is 5.91 Å². The van der Waals surface area contributed by atoms with Gasteiger partial charge in [-0.15, -0.1) is 0 Å². The highest BCUT2D eigenvalue weighted by Crippen LogP contribution is 2.36. The van der Waals surface area contributed by atoms with Crippen molar-refractivity contribution in [2.24, 2.45) is 5.92 Å². The standard InChI is InChI=1S/C21H17ClN2O2/c22-17-9-3-14(4-10-17)1-2-15-5-11-18(12-6-15)24-21(26)19(13-23)20(25)16-7-8-16/h1-6,9-12,16,25H,7-8H2,(H,24,26)/b2-1+,20-19?. The fourth-order valence-corrected chi connectivity index (χ4v) is 2.55. The number of aliphatic hydroxyl groups is 1. The lowest BCUT2D eigenvalue weighted by atomic mass is 10.1. The van der Waals surface area contributed by atoms with Crippen molar-refractivity contribution in [3.8, 4) is 6.07 Å². The van der Waals surface area contributed by atoms with Gasteiger partial charge in [-0.25, -0.2) is 0 Å². The maximum absolute atomic E-state index is 12.2. The molecule has 5 heteroatoms. The number of nitrogens with one attached hydrogen (secondary N) is 1. The van der Waals surface area contributed by atoms with Crippen LogP contribution in [0.15, 0.2) is 59.9 Å². The van der Waals surface area contributed by atoms with E-state index in [9.17, 15) is 9.90 Å². The van der Waals surface area contributed by atoms with Gasteiger partial charge in [0.1, 0.15) is 11.8 Å². The molecule has 1 aliphatic rings. The van der Waals surface area contributed by atoms with Crippen molar-refractivity contribution in [3.05, 3.63) is 76.0 Å². The van der Waals surface area contributed by atoms with Gasteiger partial charge >= 0.3 is 0 Å². The number of hydrogen-bond acceptors (Lipinski definition) is 3. The summed E-state index contributed by atoms with van der Waals surface area (Å²) in [6.07, 6.45) is 5.56. The van der Waals surface area contributed by atoms with Crippen molar-refractivity contribution in [1.29, 1.82) is 5.26 Å². The zero-order valence-corrected chi connectivity index (χ0v) is 14.7. The van der Waals surface area contributed by atoms with Gasteiger partial charge in [-0.3, -0.25) is 4.79 Å². The maximum Gasteiger partial charge on any atom is 0.269 e. The Bertz CT molecular complexity index is 903. The van der Waals surface area contributed by atoms with E-state index in [-0.39, 0.29) is 17.3 Å². The number of allylic oxidation sites excluding steroid dienone is 1. The van der Waals surface area contributed by atoms with Gasteiger partial charge in [0.15, 0.2) is 5.57 Å². The zero-order chi connectivity index (χ0) is 18.5. The third-order valence-corrected chi connectivity index (χ3v) is 4.32. The topological polar surface area (TPSA) is 73.1 Å². The van der Waals surface area contributed by atoms with Crippen molar-refractivity contribution in [1.82, 2.24) is 0 Å². The Kier molecular flexibility index (Phi) is 5.40. The Morgan fingerprint density at radius 1 is 1.08 bits per heavy atom. The van der Waals surface area contributed by atoms with Crippen molar-refractivity contribution < 1.29 is 9.90 Å². The molecule has 3 rings (SSSR count). The zero-order valence-electron chi connectivity index (χ0n) is 13.9. The molecule has 2 aromatic rings. The molecule has 4 nitrogen and oxygen atoms in total. The molecular formula is C21H17ClN2O2. The highest BCUT2D eigenvalue weighted by Gasteiger charge is 2.30. The van der Waals surface area contributed by atoms with E-state index in [2.05, 4.69) is 5.32 Å². The number of halogens is 1. The van der Waals surface area contributed by atoms with Crippen LogP contribution in [0, 0.1) is 17.2 Å². The average molecular weight is 365 g/mol. The largest absolute Gasteiger partial charge is 0.510 e. The Morgan fingerprint density at radius 3 is 2.12 bits per heavy atom. The highest BCUT2D eigenvalue weighted by molar-refractivity contribution is 6.30. The lowest BCUT2D eigenvalue weighted by molar-refractivity contribution is -0.112. The number of anilines is 1. The second kappa shape index (κ2) is 7.90. The fraction of sp³-hybridized carbons (Fsp3) is 0.143. The first-order chi connectivity index (χ1) is 12.6. The van der Waals surface area contributed by atoms with E-state index in [4.69, 9.17) is 16.9 Å². The summed E-state index contributed by atoms with van der Waals surface area (Å²) < 4.78 is 0. The van der Waals surface area contributed by atoms with Crippen molar-refractivity contribution >= 4 is 35.3 Å². The minimum Gasteiger partial charge on any atom is -0.510 e. The van der Waals surface area contributed by atoms with Gasteiger partial charge in [-0.1, -0.05) is 48.0 Å². The molecular weight excluding hydrogens is 348 g/mol. The highest BCUT2D eigenvalue weighted by atomic mass is 35.5. The molecule has 0 heterocycles. The van der Waals surface area contributed by atoms with Crippen LogP contribution in [0.5, 0.6) is 0 Å². The Balaban J connectivity index is 1.66. The molecule has 26 heavy (non-hydrogen) atoms. The normalized spacial score (nSPS) is 14.6. The number of carbonyl (C=O) groups excluding carboxylic acids is 1. The minimum atomic E-state index is -0.582. The van der Waals surface area contributed by atoms with E-state index in [0.717, 1.165) is 24.0 Å². The summed E-state index contributed by atoms with van der Waals surface area (Å²) in [5, 5.41) is 22.4. The van der Waals surface area contributed by atoms with Crippen LogP contribution < -0.4 is 5.32 Å². The molecule has 0 atom stereocenters. The second-order valence-electron chi connectivity index (χ2n) is 6.11. The number of amides is 1. The summed E-state index contributed by atoms with van der Waals surface area (Å²) in [7, 11) is 0. The molecule has 1 saturated carbocycles. The van der Waals surface area contributed by atoms with Crippen LogP contribution in [0.3, 0.4) is 0 Å². The predicted molar refractivity (Wildman–Crippen MR) is 103 cm³/mol. The van der Waals surface area contributed by atoms with Crippen LogP contribution in [-0.2, 0) is 4.79 Å². The number of nitrogens with zero attached hydrogens (tertiary/aromatic N) is 1. The average Bonchev–Trinajstić information content (AvgIpc) is 3.48. The van der Waals surface area contributed by atoms with Gasteiger partial charge in [-0.05, 0) is 48.2 Å². The number of rotatable bonds is 5. The van der Waals surface area contributed by atoms with Crippen LogP contribution >= 0.6 is 11.6 Å². The molecule has 1 aliphatic carbocycles. The minimum absolute atomic E-state index is 0.0456. The quantitative estimate of drug-likeness (QED) is 0.331. The van der Waals surface area contributed by atoms with Crippen LogP contribution in [0.2, 0.25) is 5.02 Å². The fourth-order valence-electron chi connectivity index (χ4n) is 2.42. The molecule has 2 N–H and O–H groups in total. The molecule has 0 saturated heterocycles. The van der Waals surface area contributed by atoms with Gasteiger partial charge in [-0.2, -0.15) is 5.26 Å². The number of hydrogen-bond donors (Lipinski definition) is 2. The molecule has 0 spiro atoms. The lowest BCUT2D eigenvalue weighted by Crippen LogP contribution is -2.15. The van der Waals surface area contributed by atoms with Crippen molar-refractivity contribution in [2.75, 3.05) is 5.32 Å². The SMILES string of the molecule is N#CC(C(=O)Nc1ccc(/C=C/c2ccc(Cl)cc2)cc1)=C(O)C1CC1. The molecule has 0 bridgehead atoms. The van der Waals surface area contributed by atoms with Gasteiger partial charge in [0.2, 0.25) is 0 Å². The molecule has 130 valence electrons. The van der Waals surface area contributed by atoms with Gasteiger partial charge in [0.05, 0.1) is 0 Å². The van der Waals surface area contributed by atoms with E-state index in [1.54, 1.807) is 18.2 Å². The van der Waals surface area contributed by atoms with Crippen LogP contribution in [0.4, 0.5) is 5.69 Å². The lowest BCUT2D eigenvalue weighted by Gasteiger charge is -2.06. The Labute approximate surface area is 157 Å². The van der Waals surface area contributed by atoms with Crippen molar-refractivity contribution in [3.63, 3.8) is 0 Å². The van der Waals surface area contributed by atoms with Crippen LogP contribution in [0.25, 0.3) is 12.2 Å². The molecule has 0 aromatic heterocycles. The van der Waals surface area contributed by atoms with E-state index in [1.165, 1.54) is 0 Å². The van der Waals surface area contributed by atoms with Gasteiger partial charge in [0, 0.05) is 16.6 Å². The number of carbonyl (C=O) groups is 1. The summed E-state index contributed by atoms with van der Waals surface area (Å²) >= 11 is 5.86. The van der Waals surface area contributed by atoms with Gasteiger partial charge in [0.25, 0.3) is 5.91 Å². The third kappa shape index (κ3) is 4.53. The van der Waals surface area contributed by atoms with Crippen LogP contribution in [-0.4, -0.2) is 11.0 Å². The van der Waals surface area contributed by atoms with Gasteiger partial charge < -0.3 is 10.4 Å². The molecule has 2 aromatic carbocycles.